The van der Waals surface area contributed by atoms with Crippen LogP contribution in [0.15, 0.2) is 18.2 Å². The minimum Gasteiger partial charge on any atom is -0.298 e. The molecule has 1 aliphatic rings. The molecule has 1 heteroatoms. The summed E-state index contributed by atoms with van der Waals surface area (Å²) in [5.74, 6) is 6.26. The third kappa shape index (κ3) is 1.85. The van der Waals surface area contributed by atoms with Crippen LogP contribution >= 0.6 is 0 Å². The first-order valence-corrected chi connectivity index (χ1v) is 4.93. The van der Waals surface area contributed by atoms with Gasteiger partial charge in [-0.25, -0.2) is 0 Å². The van der Waals surface area contributed by atoms with Crippen molar-refractivity contribution in [2.45, 2.75) is 25.7 Å². The Kier molecular flexibility index (Phi) is 2.65. The summed E-state index contributed by atoms with van der Waals surface area (Å²) in [5, 5.41) is 0. The van der Waals surface area contributed by atoms with Crippen LogP contribution in [0.25, 0.3) is 0 Å². The Bertz CT molecular complexity index is 407. The molecule has 0 heterocycles. The van der Waals surface area contributed by atoms with E-state index in [0.29, 0.717) is 0 Å². The Morgan fingerprint density at radius 2 is 1.79 bits per heavy atom. The van der Waals surface area contributed by atoms with Gasteiger partial charge in [-0.1, -0.05) is 12.1 Å². The van der Waals surface area contributed by atoms with Gasteiger partial charge in [0.1, 0.15) is 6.29 Å². The summed E-state index contributed by atoms with van der Waals surface area (Å²) >= 11 is 0. The van der Waals surface area contributed by atoms with Crippen LogP contribution in [0.2, 0.25) is 0 Å². The van der Waals surface area contributed by atoms with E-state index in [1.54, 1.807) is 0 Å². The zero-order valence-electron chi connectivity index (χ0n) is 8.05. The fourth-order valence-electron chi connectivity index (χ4n) is 1.77. The lowest BCUT2D eigenvalue weighted by molar-refractivity contribution is 0.112. The molecule has 1 aliphatic carbocycles. The first kappa shape index (κ1) is 9.02. The van der Waals surface area contributed by atoms with Gasteiger partial charge < -0.3 is 0 Å². The molecule has 14 heavy (non-hydrogen) atoms. The monoisotopic (exact) mass is 184 g/mol. The highest BCUT2D eigenvalue weighted by Crippen LogP contribution is 2.16. The molecule has 0 aromatic heterocycles. The van der Waals surface area contributed by atoms with E-state index in [1.807, 2.05) is 12.1 Å². The zero-order chi connectivity index (χ0) is 9.80. The lowest BCUT2D eigenvalue weighted by Gasteiger charge is -2.09. The van der Waals surface area contributed by atoms with Crippen LogP contribution in [-0.2, 0) is 12.8 Å². The lowest BCUT2D eigenvalue weighted by Crippen LogP contribution is -1.98. The van der Waals surface area contributed by atoms with E-state index in [0.717, 1.165) is 37.5 Å². The number of hydrogen-bond acceptors (Lipinski definition) is 1. The highest BCUT2D eigenvalue weighted by Gasteiger charge is 2.04. The molecule has 0 atom stereocenters. The van der Waals surface area contributed by atoms with E-state index in [2.05, 4.69) is 17.9 Å². The fourth-order valence-corrected chi connectivity index (χ4v) is 1.77. The quantitative estimate of drug-likeness (QED) is 0.484. The highest BCUT2D eigenvalue weighted by molar-refractivity contribution is 5.75. The van der Waals surface area contributed by atoms with E-state index in [-0.39, 0.29) is 0 Å². The minimum absolute atomic E-state index is 0.775. The van der Waals surface area contributed by atoms with Crippen LogP contribution in [0.1, 0.15) is 34.3 Å². The van der Waals surface area contributed by atoms with E-state index >= 15 is 0 Å². The van der Waals surface area contributed by atoms with Gasteiger partial charge in [-0.15, -0.1) is 11.8 Å². The molecule has 0 saturated carbocycles. The molecule has 1 aromatic carbocycles. The first-order chi connectivity index (χ1) is 6.90. The Balaban J connectivity index is 2.36. The molecule has 0 N–H and O–H groups in total. The average molecular weight is 184 g/mol. The highest BCUT2D eigenvalue weighted by atomic mass is 16.1. The molecular formula is C13H12O. The number of carbonyl (C=O) groups excluding carboxylic acids is 1. The average Bonchev–Trinajstić information content (AvgIpc) is 2.18. The maximum absolute atomic E-state index is 10.6. The SMILES string of the molecule is O=Cc1ccc2c(c1)CCC#CCC2. The summed E-state index contributed by atoms with van der Waals surface area (Å²) in [4.78, 5) is 10.6. The largest absolute Gasteiger partial charge is 0.298 e. The molecule has 1 aromatic rings. The second-order valence-electron chi connectivity index (χ2n) is 3.50. The normalized spacial score (nSPS) is 14.3. The molecular weight excluding hydrogens is 172 g/mol. The van der Waals surface area contributed by atoms with Crippen LogP contribution in [0.4, 0.5) is 0 Å². The van der Waals surface area contributed by atoms with Gasteiger partial charge >= 0.3 is 0 Å². The topological polar surface area (TPSA) is 17.1 Å². The van der Waals surface area contributed by atoms with Crippen molar-refractivity contribution in [3.8, 4) is 11.8 Å². The van der Waals surface area contributed by atoms with Crippen molar-refractivity contribution in [1.82, 2.24) is 0 Å². The van der Waals surface area contributed by atoms with Crippen LogP contribution in [0.5, 0.6) is 0 Å². The number of fused-ring (bicyclic) bond motifs is 1. The van der Waals surface area contributed by atoms with E-state index in [1.165, 1.54) is 11.1 Å². The van der Waals surface area contributed by atoms with Gasteiger partial charge in [0, 0.05) is 18.4 Å². The second kappa shape index (κ2) is 4.11. The van der Waals surface area contributed by atoms with Crippen molar-refractivity contribution in [1.29, 1.82) is 0 Å². The van der Waals surface area contributed by atoms with Gasteiger partial charge in [-0.2, -0.15) is 0 Å². The number of carbonyl (C=O) groups is 1. The molecule has 0 bridgehead atoms. The van der Waals surface area contributed by atoms with Crippen LogP contribution < -0.4 is 0 Å². The van der Waals surface area contributed by atoms with Crippen molar-refractivity contribution >= 4 is 6.29 Å². The smallest absolute Gasteiger partial charge is 0.150 e. The van der Waals surface area contributed by atoms with Crippen molar-refractivity contribution in [3.05, 3.63) is 34.9 Å². The molecule has 1 nitrogen and oxygen atoms in total. The van der Waals surface area contributed by atoms with Crippen molar-refractivity contribution in [3.63, 3.8) is 0 Å². The van der Waals surface area contributed by atoms with E-state index in [9.17, 15) is 4.79 Å². The summed E-state index contributed by atoms with van der Waals surface area (Å²) in [6.45, 7) is 0. The summed E-state index contributed by atoms with van der Waals surface area (Å²) in [6.07, 6.45) is 4.75. The molecule has 0 aliphatic heterocycles. The van der Waals surface area contributed by atoms with Crippen molar-refractivity contribution < 1.29 is 4.79 Å². The molecule has 0 unspecified atom stereocenters. The van der Waals surface area contributed by atoms with Gasteiger partial charge in [-0.3, -0.25) is 4.79 Å². The van der Waals surface area contributed by atoms with Crippen molar-refractivity contribution in [2.75, 3.05) is 0 Å². The first-order valence-electron chi connectivity index (χ1n) is 4.93. The summed E-state index contributed by atoms with van der Waals surface area (Å²) < 4.78 is 0. The predicted octanol–water partition coefficient (Wildman–Crippen LogP) is 2.38. The Hall–Kier alpha value is -1.55. The van der Waals surface area contributed by atoms with Gasteiger partial charge in [0.15, 0.2) is 0 Å². The predicted molar refractivity (Wildman–Crippen MR) is 56.2 cm³/mol. The fraction of sp³-hybridized carbons (Fsp3) is 0.308. The molecule has 0 saturated heterocycles. The molecule has 0 fully saturated rings. The molecule has 2 rings (SSSR count). The molecule has 0 amide bonds. The summed E-state index contributed by atoms with van der Waals surface area (Å²) in [7, 11) is 0. The lowest BCUT2D eigenvalue weighted by atomic mass is 9.96. The Morgan fingerprint density at radius 3 is 2.50 bits per heavy atom. The maximum Gasteiger partial charge on any atom is 0.150 e. The second-order valence-corrected chi connectivity index (χ2v) is 3.50. The number of benzene rings is 1. The Labute approximate surface area is 84.1 Å². The number of hydrogen-bond donors (Lipinski definition) is 0. The minimum atomic E-state index is 0.775. The number of aryl methyl sites for hydroxylation is 2. The van der Waals surface area contributed by atoms with E-state index in [4.69, 9.17) is 0 Å². The third-order valence-electron chi connectivity index (χ3n) is 2.53. The zero-order valence-corrected chi connectivity index (χ0v) is 8.05. The molecule has 70 valence electrons. The van der Waals surface area contributed by atoms with Gasteiger partial charge in [0.25, 0.3) is 0 Å². The van der Waals surface area contributed by atoms with Crippen LogP contribution in [-0.4, -0.2) is 6.29 Å². The van der Waals surface area contributed by atoms with Crippen LogP contribution in [0.3, 0.4) is 0 Å². The summed E-state index contributed by atoms with van der Waals surface area (Å²) in [6, 6.07) is 5.95. The third-order valence-corrected chi connectivity index (χ3v) is 2.53. The molecule has 0 spiro atoms. The number of rotatable bonds is 1. The standard InChI is InChI=1S/C13H12O/c14-10-11-7-8-12-5-3-1-2-4-6-13(12)9-11/h7-10H,3-6H2. The van der Waals surface area contributed by atoms with Crippen molar-refractivity contribution in [2.24, 2.45) is 0 Å². The van der Waals surface area contributed by atoms with E-state index < -0.39 is 0 Å². The van der Waals surface area contributed by atoms with Gasteiger partial charge in [0.2, 0.25) is 0 Å². The van der Waals surface area contributed by atoms with Gasteiger partial charge in [0.05, 0.1) is 0 Å². The van der Waals surface area contributed by atoms with Crippen LogP contribution in [0, 0.1) is 11.8 Å². The van der Waals surface area contributed by atoms with Gasteiger partial charge in [-0.05, 0) is 30.0 Å². The number of aldehydes is 1. The Morgan fingerprint density at radius 1 is 1.07 bits per heavy atom. The maximum atomic E-state index is 10.6. The molecule has 0 radical (unpaired) electrons. The summed E-state index contributed by atoms with van der Waals surface area (Å²) in [5.41, 5.74) is 3.42.